The number of nitrogens with one attached hydrogen (secondary N) is 2. The first-order valence-corrected chi connectivity index (χ1v) is 8.87. The van der Waals surface area contributed by atoms with Crippen LogP contribution in [0.2, 0.25) is 0 Å². The van der Waals surface area contributed by atoms with Crippen molar-refractivity contribution < 1.29 is 4.39 Å². The number of H-pyrrole nitrogens is 2. The second-order valence-corrected chi connectivity index (χ2v) is 6.74. The second-order valence-electron chi connectivity index (χ2n) is 6.74. The van der Waals surface area contributed by atoms with E-state index in [4.69, 9.17) is 0 Å². The number of hydrogen-bond donors (Lipinski definition) is 2. The average Bonchev–Trinajstić information content (AvgIpc) is 3.30. The summed E-state index contributed by atoms with van der Waals surface area (Å²) < 4.78 is 14.7. The molecule has 2 N–H and O–H groups in total. The first-order chi connectivity index (χ1) is 12.8. The Morgan fingerprint density at radius 1 is 1.12 bits per heavy atom. The van der Waals surface area contributed by atoms with Crippen molar-refractivity contribution in [3.63, 3.8) is 0 Å². The number of aromatic nitrogens is 3. The van der Waals surface area contributed by atoms with Gasteiger partial charge in [-0.25, -0.2) is 9.37 Å². The lowest BCUT2D eigenvalue weighted by atomic mass is 9.92. The minimum absolute atomic E-state index is 0.155. The van der Waals surface area contributed by atoms with Crippen LogP contribution < -0.4 is 0 Å². The molecule has 0 radical (unpaired) electrons. The van der Waals surface area contributed by atoms with E-state index in [1.54, 1.807) is 12.3 Å². The second kappa shape index (κ2) is 6.11. The molecule has 3 heterocycles. The lowest BCUT2D eigenvalue weighted by Gasteiger charge is -2.35. The standard InChI is InChI=1S/C21H19FN4/c22-17-7-3-1-6-16(17)21-20-15(14-5-2-4-8-18(14)25-20)9-12-26(21)13-19-23-10-11-24-19/h1-8,10-11,21,25H,9,12-13H2,(H,23,24). The summed E-state index contributed by atoms with van der Waals surface area (Å²) in [5.41, 5.74) is 4.20. The Bertz CT molecular complexity index is 1050. The van der Waals surface area contributed by atoms with Crippen molar-refractivity contribution in [3.8, 4) is 0 Å². The smallest absolute Gasteiger partial charge is 0.128 e. The Kier molecular flexibility index (Phi) is 3.60. The summed E-state index contributed by atoms with van der Waals surface area (Å²) in [4.78, 5) is 13.4. The normalized spacial score (nSPS) is 17.5. The Morgan fingerprint density at radius 3 is 2.81 bits per heavy atom. The fourth-order valence-electron chi connectivity index (χ4n) is 4.09. The summed E-state index contributed by atoms with van der Waals surface area (Å²) in [5, 5.41) is 1.24. The van der Waals surface area contributed by atoms with Gasteiger partial charge in [-0.05, 0) is 24.1 Å². The van der Waals surface area contributed by atoms with Gasteiger partial charge in [0.2, 0.25) is 0 Å². The largest absolute Gasteiger partial charge is 0.357 e. The van der Waals surface area contributed by atoms with E-state index in [0.717, 1.165) is 30.0 Å². The van der Waals surface area contributed by atoms with Crippen molar-refractivity contribution in [2.45, 2.75) is 19.0 Å². The Hall–Kier alpha value is -2.92. The minimum Gasteiger partial charge on any atom is -0.357 e. The molecule has 1 aliphatic heterocycles. The quantitative estimate of drug-likeness (QED) is 0.585. The molecule has 1 aliphatic rings. The number of rotatable bonds is 3. The molecule has 2 aromatic carbocycles. The van der Waals surface area contributed by atoms with Crippen LogP contribution in [0.1, 0.15) is 28.7 Å². The van der Waals surface area contributed by atoms with Gasteiger partial charge in [-0.1, -0.05) is 36.4 Å². The lowest BCUT2D eigenvalue weighted by molar-refractivity contribution is 0.194. The molecule has 0 saturated heterocycles. The highest BCUT2D eigenvalue weighted by atomic mass is 19.1. The zero-order valence-electron chi connectivity index (χ0n) is 14.2. The molecule has 0 spiro atoms. The third-order valence-corrected chi connectivity index (χ3v) is 5.24. The molecule has 0 aliphatic carbocycles. The van der Waals surface area contributed by atoms with Gasteiger partial charge in [0.25, 0.3) is 0 Å². The van der Waals surface area contributed by atoms with Crippen molar-refractivity contribution in [3.05, 3.63) is 89.4 Å². The SMILES string of the molecule is Fc1ccccc1C1c2[nH]c3ccccc3c2CCN1Cc1ncc[nH]1. The summed E-state index contributed by atoms with van der Waals surface area (Å²) in [5.74, 6) is 0.722. The number of hydrogen-bond acceptors (Lipinski definition) is 2. The fourth-order valence-corrected chi connectivity index (χ4v) is 4.09. The third kappa shape index (κ3) is 2.44. The van der Waals surface area contributed by atoms with Crippen LogP contribution >= 0.6 is 0 Å². The third-order valence-electron chi connectivity index (χ3n) is 5.24. The van der Waals surface area contributed by atoms with Crippen LogP contribution in [-0.4, -0.2) is 26.4 Å². The van der Waals surface area contributed by atoms with E-state index in [9.17, 15) is 4.39 Å². The molecule has 5 heteroatoms. The number of imidazole rings is 1. The van der Waals surface area contributed by atoms with E-state index < -0.39 is 0 Å². The van der Waals surface area contributed by atoms with E-state index in [1.165, 1.54) is 17.0 Å². The van der Waals surface area contributed by atoms with Crippen molar-refractivity contribution in [1.29, 1.82) is 0 Å². The molecule has 0 saturated carbocycles. The van der Waals surface area contributed by atoms with Crippen molar-refractivity contribution in [1.82, 2.24) is 19.9 Å². The Balaban J connectivity index is 1.67. The van der Waals surface area contributed by atoms with Crippen LogP contribution in [0.15, 0.2) is 60.9 Å². The van der Waals surface area contributed by atoms with Crippen molar-refractivity contribution in [2.24, 2.45) is 0 Å². The highest BCUT2D eigenvalue weighted by molar-refractivity contribution is 5.85. The predicted molar refractivity (Wildman–Crippen MR) is 99.2 cm³/mol. The molecular weight excluding hydrogens is 327 g/mol. The van der Waals surface area contributed by atoms with Crippen LogP contribution in [0.4, 0.5) is 4.39 Å². The van der Waals surface area contributed by atoms with Crippen LogP contribution in [0.25, 0.3) is 10.9 Å². The maximum absolute atomic E-state index is 14.7. The van der Waals surface area contributed by atoms with Crippen LogP contribution in [0, 0.1) is 5.82 Å². The molecule has 4 aromatic rings. The van der Waals surface area contributed by atoms with E-state index >= 15 is 0 Å². The first kappa shape index (κ1) is 15.3. The van der Waals surface area contributed by atoms with Crippen LogP contribution in [-0.2, 0) is 13.0 Å². The summed E-state index contributed by atoms with van der Waals surface area (Å²) in [7, 11) is 0. The van der Waals surface area contributed by atoms with Crippen molar-refractivity contribution in [2.75, 3.05) is 6.54 Å². The monoisotopic (exact) mass is 346 g/mol. The van der Waals surface area contributed by atoms with Gasteiger partial charge in [0, 0.05) is 41.1 Å². The Labute approximate surface area is 150 Å². The number of nitrogens with zero attached hydrogens (tertiary/aromatic N) is 2. The van der Waals surface area contributed by atoms with E-state index in [1.807, 2.05) is 24.4 Å². The van der Waals surface area contributed by atoms with Gasteiger partial charge >= 0.3 is 0 Å². The molecular formula is C21H19FN4. The Morgan fingerprint density at radius 2 is 1.96 bits per heavy atom. The minimum atomic E-state index is -0.173. The predicted octanol–water partition coefficient (Wildman–Crippen LogP) is 4.18. The van der Waals surface area contributed by atoms with Gasteiger partial charge in [0.05, 0.1) is 12.6 Å². The molecule has 2 aromatic heterocycles. The highest BCUT2D eigenvalue weighted by Gasteiger charge is 2.33. The number of aromatic amines is 2. The highest BCUT2D eigenvalue weighted by Crippen LogP contribution is 2.39. The van der Waals surface area contributed by atoms with E-state index in [-0.39, 0.29) is 11.9 Å². The average molecular weight is 346 g/mol. The maximum atomic E-state index is 14.7. The molecule has 26 heavy (non-hydrogen) atoms. The number of benzene rings is 2. The van der Waals surface area contributed by atoms with E-state index in [2.05, 4.69) is 38.1 Å². The van der Waals surface area contributed by atoms with Gasteiger partial charge in [-0.2, -0.15) is 0 Å². The molecule has 1 unspecified atom stereocenters. The molecule has 1 atom stereocenters. The topological polar surface area (TPSA) is 47.7 Å². The molecule has 5 rings (SSSR count). The summed E-state index contributed by atoms with van der Waals surface area (Å²) >= 11 is 0. The summed E-state index contributed by atoms with van der Waals surface area (Å²) in [6.45, 7) is 1.51. The summed E-state index contributed by atoms with van der Waals surface area (Å²) in [6, 6.07) is 15.2. The molecule has 0 bridgehead atoms. The lowest BCUT2D eigenvalue weighted by Crippen LogP contribution is -2.36. The maximum Gasteiger partial charge on any atom is 0.128 e. The number of fused-ring (bicyclic) bond motifs is 3. The van der Waals surface area contributed by atoms with Gasteiger partial charge in [-0.3, -0.25) is 4.90 Å². The fraction of sp³-hybridized carbons (Fsp3) is 0.190. The van der Waals surface area contributed by atoms with Gasteiger partial charge < -0.3 is 9.97 Å². The van der Waals surface area contributed by atoms with Crippen LogP contribution in [0.5, 0.6) is 0 Å². The zero-order valence-corrected chi connectivity index (χ0v) is 14.2. The van der Waals surface area contributed by atoms with E-state index in [0.29, 0.717) is 12.1 Å². The van der Waals surface area contributed by atoms with Crippen LogP contribution in [0.3, 0.4) is 0 Å². The molecule has 0 amide bonds. The first-order valence-electron chi connectivity index (χ1n) is 8.87. The molecule has 130 valence electrons. The molecule has 0 fully saturated rings. The van der Waals surface area contributed by atoms with Crippen molar-refractivity contribution >= 4 is 10.9 Å². The van der Waals surface area contributed by atoms with Gasteiger partial charge in [0.15, 0.2) is 0 Å². The summed E-state index contributed by atoms with van der Waals surface area (Å²) in [6.07, 6.45) is 4.52. The molecule has 4 nitrogen and oxygen atoms in total. The van der Waals surface area contributed by atoms with Gasteiger partial charge in [0.1, 0.15) is 11.6 Å². The van der Waals surface area contributed by atoms with Gasteiger partial charge in [-0.15, -0.1) is 0 Å². The number of halogens is 1. The zero-order chi connectivity index (χ0) is 17.5. The number of para-hydroxylation sites is 1.